The molecule has 2 heterocycles. The van der Waals surface area contributed by atoms with Crippen LogP contribution in [-0.2, 0) is 4.74 Å². The monoisotopic (exact) mass is 521 g/mol. The Morgan fingerprint density at radius 1 is 0.909 bits per heavy atom. The Labute approximate surface area is 206 Å². The Balaban J connectivity index is 1.67. The Hall–Kier alpha value is -3.15. The van der Waals surface area contributed by atoms with E-state index in [2.05, 4.69) is 39.0 Å². The lowest BCUT2D eigenvalue weighted by Gasteiger charge is -2.42. The first kappa shape index (κ1) is 21.7. The fourth-order valence-electron chi connectivity index (χ4n) is 3.96. The number of hydrogen-bond acceptors (Lipinski definition) is 4. The Kier molecular flexibility index (Phi) is 6.16. The van der Waals surface area contributed by atoms with Crippen molar-refractivity contribution in [3.05, 3.63) is 124 Å². The number of anilines is 1. The van der Waals surface area contributed by atoms with E-state index in [1.165, 1.54) is 0 Å². The molecule has 0 amide bonds. The number of furan rings is 1. The molecule has 0 spiro atoms. The number of methoxy groups -OCH3 is 1. The van der Waals surface area contributed by atoms with E-state index in [1.807, 2.05) is 72.8 Å². The molecule has 0 aliphatic carbocycles. The van der Waals surface area contributed by atoms with Crippen molar-refractivity contribution < 1.29 is 13.9 Å². The molecule has 6 heteroatoms. The standard InChI is InChI=1S/C27H21BrClNO3/c1-31-23-14-6-19(7-15-23)26-17-24(18-4-10-21(29)11-5-18)30(22-12-8-20(28)9-13-22)27(33-26)25-3-2-16-32-25/h2-17,24,27H,1H3. The Bertz CT molecular complexity index is 1240. The second-order valence-corrected chi connectivity index (χ2v) is 8.98. The minimum atomic E-state index is -0.469. The first-order valence-corrected chi connectivity index (χ1v) is 11.6. The lowest BCUT2D eigenvalue weighted by molar-refractivity contribution is 0.120. The maximum absolute atomic E-state index is 6.58. The largest absolute Gasteiger partial charge is 0.497 e. The third-order valence-electron chi connectivity index (χ3n) is 5.60. The summed E-state index contributed by atoms with van der Waals surface area (Å²) < 4.78 is 18.7. The smallest absolute Gasteiger partial charge is 0.232 e. The van der Waals surface area contributed by atoms with Crippen LogP contribution in [0.2, 0.25) is 5.02 Å². The van der Waals surface area contributed by atoms with Crippen LogP contribution in [0, 0.1) is 0 Å². The summed E-state index contributed by atoms with van der Waals surface area (Å²) >= 11 is 9.74. The molecule has 2 unspecified atom stereocenters. The van der Waals surface area contributed by atoms with Crippen LogP contribution < -0.4 is 9.64 Å². The first-order chi connectivity index (χ1) is 16.1. The summed E-state index contributed by atoms with van der Waals surface area (Å²) in [4.78, 5) is 2.21. The highest BCUT2D eigenvalue weighted by Gasteiger charge is 2.36. The van der Waals surface area contributed by atoms with Gasteiger partial charge in [-0.15, -0.1) is 0 Å². The predicted molar refractivity (Wildman–Crippen MR) is 134 cm³/mol. The molecule has 0 radical (unpaired) electrons. The summed E-state index contributed by atoms with van der Waals surface area (Å²) in [6.07, 6.45) is 3.33. The van der Waals surface area contributed by atoms with E-state index >= 15 is 0 Å². The van der Waals surface area contributed by atoms with Crippen molar-refractivity contribution in [1.29, 1.82) is 0 Å². The van der Waals surface area contributed by atoms with Crippen LogP contribution in [-0.4, -0.2) is 7.11 Å². The average Bonchev–Trinajstić information content (AvgIpc) is 3.39. The van der Waals surface area contributed by atoms with Gasteiger partial charge in [-0.25, -0.2) is 0 Å². The summed E-state index contributed by atoms with van der Waals surface area (Å²) in [5, 5.41) is 0.697. The molecule has 33 heavy (non-hydrogen) atoms. The quantitative estimate of drug-likeness (QED) is 0.266. The molecule has 5 rings (SSSR count). The van der Waals surface area contributed by atoms with Crippen molar-refractivity contribution in [3.63, 3.8) is 0 Å². The van der Waals surface area contributed by atoms with E-state index in [4.69, 9.17) is 25.5 Å². The van der Waals surface area contributed by atoms with Crippen LogP contribution in [0.1, 0.15) is 29.2 Å². The molecule has 1 aliphatic heterocycles. The average molecular weight is 523 g/mol. The lowest BCUT2D eigenvalue weighted by atomic mass is 9.99. The van der Waals surface area contributed by atoms with E-state index in [-0.39, 0.29) is 6.04 Å². The van der Waals surface area contributed by atoms with Crippen LogP contribution >= 0.6 is 27.5 Å². The van der Waals surface area contributed by atoms with Crippen molar-refractivity contribution >= 4 is 39.0 Å². The predicted octanol–water partition coefficient (Wildman–Crippen LogP) is 8.02. The molecule has 166 valence electrons. The molecule has 0 N–H and O–H groups in total. The zero-order valence-electron chi connectivity index (χ0n) is 17.8. The lowest BCUT2D eigenvalue weighted by Crippen LogP contribution is -2.36. The number of halogens is 2. The zero-order valence-corrected chi connectivity index (χ0v) is 20.2. The van der Waals surface area contributed by atoms with Gasteiger partial charge in [0.1, 0.15) is 11.5 Å². The van der Waals surface area contributed by atoms with E-state index in [0.717, 1.165) is 38.6 Å². The summed E-state index contributed by atoms with van der Waals surface area (Å²) in [5.41, 5.74) is 3.06. The molecule has 1 aromatic heterocycles. The molecule has 1 aliphatic rings. The van der Waals surface area contributed by atoms with Gasteiger partial charge < -0.3 is 18.8 Å². The van der Waals surface area contributed by atoms with Gasteiger partial charge in [0, 0.05) is 20.7 Å². The van der Waals surface area contributed by atoms with Crippen LogP contribution in [0.25, 0.3) is 5.76 Å². The van der Waals surface area contributed by atoms with Gasteiger partial charge in [0.05, 0.1) is 19.4 Å². The molecule has 2 atom stereocenters. The van der Waals surface area contributed by atoms with Crippen LogP contribution in [0.5, 0.6) is 5.75 Å². The molecule has 3 aromatic carbocycles. The topological polar surface area (TPSA) is 34.8 Å². The summed E-state index contributed by atoms with van der Waals surface area (Å²) in [5.74, 6) is 2.28. The van der Waals surface area contributed by atoms with Crippen molar-refractivity contribution in [2.45, 2.75) is 12.3 Å². The van der Waals surface area contributed by atoms with Gasteiger partial charge >= 0.3 is 0 Å². The molecular weight excluding hydrogens is 502 g/mol. The number of hydrogen-bond donors (Lipinski definition) is 0. The fourth-order valence-corrected chi connectivity index (χ4v) is 4.35. The minimum absolute atomic E-state index is 0.121. The summed E-state index contributed by atoms with van der Waals surface area (Å²) in [6.45, 7) is 0. The van der Waals surface area contributed by atoms with Gasteiger partial charge in [0.2, 0.25) is 6.23 Å². The van der Waals surface area contributed by atoms with Crippen molar-refractivity contribution in [1.82, 2.24) is 0 Å². The number of ether oxygens (including phenoxy) is 2. The second-order valence-electron chi connectivity index (χ2n) is 7.63. The van der Waals surface area contributed by atoms with Gasteiger partial charge in [-0.2, -0.15) is 0 Å². The Morgan fingerprint density at radius 2 is 1.64 bits per heavy atom. The highest BCUT2D eigenvalue weighted by molar-refractivity contribution is 9.10. The van der Waals surface area contributed by atoms with Gasteiger partial charge in [-0.3, -0.25) is 0 Å². The van der Waals surface area contributed by atoms with Crippen LogP contribution in [0.15, 0.2) is 106 Å². The molecule has 0 saturated carbocycles. The van der Waals surface area contributed by atoms with E-state index in [1.54, 1.807) is 13.4 Å². The molecule has 0 bridgehead atoms. The van der Waals surface area contributed by atoms with E-state index in [9.17, 15) is 0 Å². The molecule has 4 aromatic rings. The Morgan fingerprint density at radius 3 is 2.27 bits per heavy atom. The third-order valence-corrected chi connectivity index (χ3v) is 6.38. The minimum Gasteiger partial charge on any atom is -0.497 e. The van der Waals surface area contributed by atoms with Crippen LogP contribution in [0.4, 0.5) is 5.69 Å². The normalized spacial score (nSPS) is 17.9. The molecule has 0 fully saturated rings. The summed E-state index contributed by atoms with van der Waals surface area (Å²) in [6, 6.07) is 27.7. The molecule has 0 saturated heterocycles. The van der Waals surface area contributed by atoms with E-state index in [0.29, 0.717) is 5.02 Å². The SMILES string of the molecule is COc1ccc(C2=CC(c3ccc(Cl)cc3)N(c3ccc(Br)cc3)C(c3ccco3)O2)cc1. The van der Waals surface area contributed by atoms with Gasteiger partial charge in [0.25, 0.3) is 0 Å². The van der Waals surface area contributed by atoms with Gasteiger partial charge in [-0.05, 0) is 84.4 Å². The number of nitrogens with zero attached hydrogens (tertiary/aromatic N) is 1. The molecule has 4 nitrogen and oxygen atoms in total. The highest BCUT2D eigenvalue weighted by Crippen LogP contribution is 2.45. The second kappa shape index (κ2) is 9.38. The third kappa shape index (κ3) is 4.52. The van der Waals surface area contributed by atoms with Gasteiger partial charge in [0.15, 0.2) is 5.76 Å². The summed E-state index contributed by atoms with van der Waals surface area (Å²) in [7, 11) is 1.66. The van der Waals surface area contributed by atoms with Gasteiger partial charge in [-0.1, -0.05) is 39.7 Å². The first-order valence-electron chi connectivity index (χ1n) is 10.5. The molecular formula is C27H21BrClNO3. The number of rotatable bonds is 5. The van der Waals surface area contributed by atoms with Crippen molar-refractivity contribution in [2.24, 2.45) is 0 Å². The van der Waals surface area contributed by atoms with Crippen molar-refractivity contribution in [2.75, 3.05) is 12.0 Å². The maximum Gasteiger partial charge on any atom is 0.232 e. The highest BCUT2D eigenvalue weighted by atomic mass is 79.9. The van der Waals surface area contributed by atoms with Crippen molar-refractivity contribution in [3.8, 4) is 5.75 Å². The number of benzene rings is 3. The van der Waals surface area contributed by atoms with Crippen LogP contribution in [0.3, 0.4) is 0 Å². The maximum atomic E-state index is 6.58. The van der Waals surface area contributed by atoms with E-state index < -0.39 is 6.23 Å². The zero-order chi connectivity index (χ0) is 22.8. The fraction of sp³-hybridized carbons (Fsp3) is 0.111.